The van der Waals surface area contributed by atoms with E-state index in [2.05, 4.69) is 9.97 Å². The van der Waals surface area contributed by atoms with Crippen molar-refractivity contribution in [1.29, 1.82) is 0 Å². The highest BCUT2D eigenvalue weighted by Gasteiger charge is 2.20. The molecule has 0 fully saturated rings. The van der Waals surface area contributed by atoms with Crippen LogP contribution in [0.4, 0.5) is 5.69 Å². The predicted octanol–water partition coefficient (Wildman–Crippen LogP) is 1.87. The molecule has 0 aliphatic heterocycles. The number of aromatic nitrogens is 2. The lowest BCUT2D eigenvalue weighted by molar-refractivity contribution is -0.387. The van der Waals surface area contributed by atoms with Gasteiger partial charge in [-0.05, 0) is 13.3 Å². The zero-order valence-corrected chi connectivity index (χ0v) is 8.77. The van der Waals surface area contributed by atoms with E-state index < -0.39 is 4.92 Å². The van der Waals surface area contributed by atoms with E-state index in [9.17, 15) is 10.1 Å². The number of nitro groups is 1. The van der Waals surface area contributed by atoms with Gasteiger partial charge in [0.2, 0.25) is 0 Å². The number of ether oxygens (including phenoxy) is 1. The fourth-order valence-corrected chi connectivity index (χ4v) is 1.07. The lowest BCUT2D eigenvalue weighted by Crippen LogP contribution is -2.04. The van der Waals surface area contributed by atoms with Crippen molar-refractivity contribution in [3.05, 3.63) is 22.1 Å². The molecule has 0 aliphatic rings. The molecule has 6 heteroatoms. The molecule has 0 unspecified atom stereocenters. The number of hydrogen-bond acceptors (Lipinski definition) is 5. The maximum atomic E-state index is 10.7. The summed E-state index contributed by atoms with van der Waals surface area (Å²) in [6, 6.07) is 0. The normalized spacial score (nSPS) is 10.0. The smallest absolute Gasteiger partial charge is 0.351 e. The van der Waals surface area contributed by atoms with Crippen LogP contribution < -0.4 is 4.74 Å². The molecule has 0 spiro atoms. The van der Waals surface area contributed by atoms with Crippen molar-refractivity contribution in [1.82, 2.24) is 9.97 Å². The molecule has 0 radical (unpaired) electrons. The maximum Gasteiger partial charge on any atom is 0.351 e. The summed E-state index contributed by atoms with van der Waals surface area (Å²) in [5.74, 6) is 0.0564. The van der Waals surface area contributed by atoms with Crippen molar-refractivity contribution in [3.63, 3.8) is 0 Å². The zero-order chi connectivity index (χ0) is 11.3. The van der Waals surface area contributed by atoms with Gasteiger partial charge in [0, 0.05) is 0 Å². The number of unbranched alkanes of at least 4 members (excludes halogenated alkanes) is 1. The van der Waals surface area contributed by atoms with Crippen LogP contribution in [0.2, 0.25) is 0 Å². The summed E-state index contributed by atoms with van der Waals surface area (Å²) < 4.78 is 5.23. The average Bonchev–Trinajstić information content (AvgIpc) is 2.17. The Kier molecular flexibility index (Phi) is 3.96. The highest BCUT2D eigenvalue weighted by molar-refractivity contribution is 5.43. The van der Waals surface area contributed by atoms with E-state index in [1.165, 1.54) is 6.33 Å². The lowest BCUT2D eigenvalue weighted by Gasteiger charge is -2.05. The van der Waals surface area contributed by atoms with Crippen LogP contribution in [0.5, 0.6) is 5.88 Å². The lowest BCUT2D eigenvalue weighted by atomic mass is 10.3. The second kappa shape index (κ2) is 5.23. The Morgan fingerprint density at radius 2 is 2.27 bits per heavy atom. The predicted molar refractivity (Wildman–Crippen MR) is 53.8 cm³/mol. The molecule has 0 saturated heterocycles. The largest absolute Gasteiger partial charge is 0.473 e. The molecule has 1 aromatic rings. The van der Waals surface area contributed by atoms with Crippen LogP contribution >= 0.6 is 0 Å². The van der Waals surface area contributed by atoms with Gasteiger partial charge >= 0.3 is 5.69 Å². The fraction of sp³-hybridized carbons (Fsp3) is 0.556. The molecule has 0 atom stereocenters. The third-order valence-corrected chi connectivity index (χ3v) is 1.89. The number of rotatable bonds is 5. The van der Waals surface area contributed by atoms with Crippen LogP contribution in [0.3, 0.4) is 0 Å². The summed E-state index contributed by atoms with van der Waals surface area (Å²) in [4.78, 5) is 17.7. The van der Waals surface area contributed by atoms with Gasteiger partial charge < -0.3 is 4.74 Å². The third-order valence-electron chi connectivity index (χ3n) is 1.89. The molecule has 0 bridgehead atoms. The first kappa shape index (κ1) is 11.4. The maximum absolute atomic E-state index is 10.7. The highest BCUT2D eigenvalue weighted by atomic mass is 16.6. The first-order valence-corrected chi connectivity index (χ1v) is 4.75. The van der Waals surface area contributed by atoms with Crippen molar-refractivity contribution in [2.75, 3.05) is 6.61 Å². The third kappa shape index (κ3) is 2.87. The first-order chi connectivity index (χ1) is 7.16. The Labute approximate surface area is 87.5 Å². The Hall–Kier alpha value is -1.72. The van der Waals surface area contributed by atoms with Crippen LogP contribution in [-0.2, 0) is 0 Å². The summed E-state index contributed by atoms with van der Waals surface area (Å²) in [7, 11) is 0. The molecule has 1 rings (SSSR count). The van der Waals surface area contributed by atoms with E-state index in [-0.39, 0.29) is 11.6 Å². The minimum absolute atomic E-state index is 0.0564. The second-order valence-electron chi connectivity index (χ2n) is 3.07. The zero-order valence-electron chi connectivity index (χ0n) is 8.77. The van der Waals surface area contributed by atoms with Gasteiger partial charge in [0.05, 0.1) is 11.5 Å². The van der Waals surface area contributed by atoms with Crippen LogP contribution in [0, 0.1) is 17.0 Å². The molecule has 0 amide bonds. The van der Waals surface area contributed by atoms with Gasteiger partial charge in [-0.2, -0.15) is 4.98 Å². The van der Waals surface area contributed by atoms with Crippen molar-refractivity contribution in [2.45, 2.75) is 26.7 Å². The molecule has 1 aromatic heterocycles. The Morgan fingerprint density at radius 3 is 2.87 bits per heavy atom. The highest BCUT2D eigenvalue weighted by Crippen LogP contribution is 2.25. The summed E-state index contributed by atoms with van der Waals surface area (Å²) in [5.41, 5.74) is 0.176. The first-order valence-electron chi connectivity index (χ1n) is 4.75. The minimum atomic E-state index is -0.517. The Morgan fingerprint density at radius 1 is 1.53 bits per heavy atom. The van der Waals surface area contributed by atoms with Gasteiger partial charge in [0.25, 0.3) is 5.88 Å². The van der Waals surface area contributed by atoms with Crippen molar-refractivity contribution in [2.24, 2.45) is 0 Å². The van der Waals surface area contributed by atoms with Crippen LogP contribution in [-0.4, -0.2) is 21.5 Å². The van der Waals surface area contributed by atoms with E-state index >= 15 is 0 Å². The summed E-state index contributed by atoms with van der Waals surface area (Å²) in [6.07, 6.45) is 3.09. The monoisotopic (exact) mass is 211 g/mol. The van der Waals surface area contributed by atoms with E-state index in [1.54, 1.807) is 6.92 Å². The molecule has 1 heterocycles. The van der Waals surface area contributed by atoms with Crippen LogP contribution in [0.25, 0.3) is 0 Å². The van der Waals surface area contributed by atoms with Gasteiger partial charge in [-0.15, -0.1) is 0 Å². The Bertz CT molecular complexity index is 354. The minimum Gasteiger partial charge on any atom is -0.473 e. The van der Waals surface area contributed by atoms with Gasteiger partial charge in [0.15, 0.2) is 0 Å². The van der Waals surface area contributed by atoms with E-state index in [1.807, 2.05) is 6.92 Å². The summed E-state index contributed by atoms with van der Waals surface area (Å²) in [6.45, 7) is 4.02. The van der Waals surface area contributed by atoms with E-state index in [4.69, 9.17) is 4.74 Å². The van der Waals surface area contributed by atoms with Gasteiger partial charge in [0.1, 0.15) is 12.0 Å². The van der Waals surface area contributed by atoms with E-state index in [0.717, 1.165) is 12.8 Å². The topological polar surface area (TPSA) is 78.2 Å². The molecule has 82 valence electrons. The molecular formula is C9H13N3O3. The molecule has 0 N–H and O–H groups in total. The molecule has 15 heavy (non-hydrogen) atoms. The average molecular weight is 211 g/mol. The van der Waals surface area contributed by atoms with Crippen LogP contribution in [0.1, 0.15) is 25.5 Å². The van der Waals surface area contributed by atoms with Gasteiger partial charge in [-0.1, -0.05) is 13.3 Å². The van der Waals surface area contributed by atoms with Crippen molar-refractivity contribution in [3.8, 4) is 5.88 Å². The van der Waals surface area contributed by atoms with Gasteiger partial charge in [-0.25, -0.2) is 4.98 Å². The number of hydrogen-bond donors (Lipinski definition) is 0. The standard InChI is InChI=1S/C9H13N3O3/c1-3-4-5-15-9-8(12(13)14)7(2)10-6-11-9/h6H,3-5H2,1-2H3. The molecule has 0 saturated carbocycles. The SMILES string of the molecule is CCCCOc1ncnc(C)c1[N+](=O)[O-]. The Balaban J connectivity index is 2.86. The quantitative estimate of drug-likeness (QED) is 0.422. The molecule has 0 aliphatic carbocycles. The summed E-state index contributed by atoms with van der Waals surface area (Å²) in [5, 5.41) is 10.7. The molecule has 0 aromatic carbocycles. The number of aryl methyl sites for hydroxylation is 1. The summed E-state index contributed by atoms with van der Waals surface area (Å²) >= 11 is 0. The molecule has 6 nitrogen and oxygen atoms in total. The van der Waals surface area contributed by atoms with Crippen LogP contribution in [0.15, 0.2) is 6.33 Å². The van der Waals surface area contributed by atoms with Crippen molar-refractivity contribution < 1.29 is 9.66 Å². The van der Waals surface area contributed by atoms with Gasteiger partial charge in [-0.3, -0.25) is 10.1 Å². The van der Waals surface area contributed by atoms with E-state index in [0.29, 0.717) is 12.3 Å². The fourth-order valence-electron chi connectivity index (χ4n) is 1.07. The number of nitrogens with zero attached hydrogens (tertiary/aromatic N) is 3. The van der Waals surface area contributed by atoms with Crippen molar-refractivity contribution >= 4 is 5.69 Å². The molecular weight excluding hydrogens is 198 g/mol. The second-order valence-corrected chi connectivity index (χ2v) is 3.07.